The molecule has 0 spiro atoms. The van der Waals surface area contributed by atoms with Gasteiger partial charge in [0.15, 0.2) is 0 Å². The maximum Gasteiger partial charge on any atom is 0.272 e. The number of benzene rings is 1. The van der Waals surface area contributed by atoms with Crippen molar-refractivity contribution in [3.05, 3.63) is 53.9 Å². The normalized spacial score (nSPS) is 28.2. The number of aromatic nitrogens is 2. The van der Waals surface area contributed by atoms with Crippen LogP contribution in [0.4, 0.5) is 0 Å². The van der Waals surface area contributed by atoms with Crippen LogP contribution < -0.4 is 5.32 Å². The van der Waals surface area contributed by atoms with Gasteiger partial charge in [-0.3, -0.25) is 14.7 Å². The molecule has 2 fully saturated rings. The summed E-state index contributed by atoms with van der Waals surface area (Å²) in [6.45, 7) is 2.10. The summed E-state index contributed by atoms with van der Waals surface area (Å²) in [5.74, 6) is 0.0634. The van der Waals surface area contributed by atoms with Crippen molar-refractivity contribution in [1.29, 1.82) is 0 Å². The lowest BCUT2D eigenvalue weighted by atomic mass is 9.85. The molecule has 0 unspecified atom stereocenters. The van der Waals surface area contributed by atoms with Crippen molar-refractivity contribution < 1.29 is 9.59 Å². The van der Waals surface area contributed by atoms with Crippen molar-refractivity contribution in [2.45, 2.75) is 63.1 Å². The van der Waals surface area contributed by atoms with Crippen molar-refractivity contribution in [2.24, 2.45) is 0 Å². The molecule has 27 heavy (non-hydrogen) atoms. The SMILES string of the molecule is C[C@]12C[C@@H](Cc3ccccc3)N(C(=O)c3ccn[nH]3)[C@H]1CCCCC(=O)N2. The Morgan fingerprint density at radius 1 is 1.26 bits per heavy atom. The second-order valence-corrected chi connectivity index (χ2v) is 7.96. The minimum atomic E-state index is -0.396. The zero-order valence-electron chi connectivity index (χ0n) is 15.6. The van der Waals surface area contributed by atoms with Gasteiger partial charge in [0, 0.05) is 18.7 Å². The van der Waals surface area contributed by atoms with E-state index in [2.05, 4.69) is 34.6 Å². The van der Waals surface area contributed by atoms with E-state index >= 15 is 0 Å². The topological polar surface area (TPSA) is 78.1 Å². The Bertz CT molecular complexity index is 805. The standard InChI is InChI=1S/C21H26N4O2/c1-21-14-16(13-15-7-3-2-4-8-15)25(20(27)17-11-12-22-24-17)18(21)9-5-6-10-19(26)23-21/h2-4,7-8,11-12,16,18H,5-6,9-10,13-14H2,1H3,(H,22,24)(H,23,26)/t16-,18+,21+/m1/s1. The van der Waals surface area contributed by atoms with Crippen LogP contribution in [0.1, 0.15) is 55.1 Å². The fraction of sp³-hybridized carbons (Fsp3) is 0.476. The maximum absolute atomic E-state index is 13.3. The average molecular weight is 366 g/mol. The molecule has 2 aliphatic rings. The van der Waals surface area contributed by atoms with E-state index in [1.54, 1.807) is 12.3 Å². The average Bonchev–Trinajstić information content (AvgIpc) is 3.25. The van der Waals surface area contributed by atoms with E-state index in [0.29, 0.717) is 12.1 Å². The summed E-state index contributed by atoms with van der Waals surface area (Å²) in [6.07, 6.45) is 6.45. The molecule has 2 aliphatic heterocycles. The number of amides is 2. The maximum atomic E-state index is 13.3. The van der Waals surface area contributed by atoms with Crippen LogP contribution in [0.2, 0.25) is 0 Å². The molecule has 4 rings (SSSR count). The zero-order chi connectivity index (χ0) is 18.9. The summed E-state index contributed by atoms with van der Waals surface area (Å²) in [4.78, 5) is 27.7. The summed E-state index contributed by atoms with van der Waals surface area (Å²) in [6, 6.07) is 12.0. The Hall–Kier alpha value is -2.63. The van der Waals surface area contributed by atoms with E-state index in [1.807, 2.05) is 23.1 Å². The fourth-order valence-corrected chi connectivity index (χ4v) is 4.76. The summed E-state index contributed by atoms with van der Waals surface area (Å²) in [5, 5.41) is 10.0. The molecular weight excluding hydrogens is 340 g/mol. The molecule has 3 atom stereocenters. The van der Waals surface area contributed by atoms with Crippen LogP contribution in [0.25, 0.3) is 0 Å². The first-order valence-corrected chi connectivity index (χ1v) is 9.74. The van der Waals surface area contributed by atoms with Crippen molar-refractivity contribution in [2.75, 3.05) is 0 Å². The van der Waals surface area contributed by atoms with E-state index < -0.39 is 5.54 Å². The molecular formula is C21H26N4O2. The molecule has 142 valence electrons. The van der Waals surface area contributed by atoms with Crippen molar-refractivity contribution in [3.63, 3.8) is 0 Å². The summed E-state index contributed by atoms with van der Waals surface area (Å²) < 4.78 is 0. The number of hydrogen-bond donors (Lipinski definition) is 2. The molecule has 2 amide bonds. The van der Waals surface area contributed by atoms with Gasteiger partial charge in [0.05, 0.1) is 11.6 Å². The van der Waals surface area contributed by atoms with Crippen molar-refractivity contribution >= 4 is 11.8 Å². The van der Waals surface area contributed by atoms with Crippen molar-refractivity contribution in [3.8, 4) is 0 Å². The molecule has 0 bridgehead atoms. The van der Waals surface area contributed by atoms with Crippen LogP contribution in [0.3, 0.4) is 0 Å². The van der Waals surface area contributed by atoms with Gasteiger partial charge in [-0.25, -0.2) is 0 Å². The number of rotatable bonds is 3. The molecule has 6 heteroatoms. The smallest absolute Gasteiger partial charge is 0.272 e. The quantitative estimate of drug-likeness (QED) is 0.877. The highest BCUT2D eigenvalue weighted by molar-refractivity contribution is 5.93. The predicted octanol–water partition coefficient (Wildman–Crippen LogP) is 2.68. The molecule has 6 nitrogen and oxygen atoms in total. The first-order valence-electron chi connectivity index (χ1n) is 9.74. The fourth-order valence-electron chi connectivity index (χ4n) is 4.76. The Labute approximate surface area is 159 Å². The Balaban J connectivity index is 1.69. The van der Waals surface area contributed by atoms with Crippen LogP contribution >= 0.6 is 0 Å². The number of aromatic amines is 1. The van der Waals surface area contributed by atoms with Gasteiger partial charge in [0.25, 0.3) is 5.91 Å². The van der Waals surface area contributed by atoms with E-state index in [0.717, 1.165) is 32.1 Å². The molecule has 2 saturated heterocycles. The van der Waals surface area contributed by atoms with E-state index in [1.165, 1.54) is 5.56 Å². The minimum absolute atomic E-state index is 0.00809. The van der Waals surface area contributed by atoms with Gasteiger partial charge >= 0.3 is 0 Å². The highest BCUT2D eigenvalue weighted by Crippen LogP contribution is 2.39. The summed E-state index contributed by atoms with van der Waals surface area (Å²) in [7, 11) is 0. The molecule has 0 radical (unpaired) electrons. The van der Waals surface area contributed by atoms with Gasteiger partial charge < -0.3 is 10.2 Å². The molecule has 2 aromatic rings. The predicted molar refractivity (Wildman–Crippen MR) is 102 cm³/mol. The number of H-pyrrole nitrogens is 1. The van der Waals surface area contributed by atoms with Gasteiger partial charge in [-0.05, 0) is 44.2 Å². The zero-order valence-corrected chi connectivity index (χ0v) is 15.6. The number of nitrogens with zero attached hydrogens (tertiary/aromatic N) is 2. The van der Waals surface area contributed by atoms with Gasteiger partial charge in [-0.1, -0.05) is 36.8 Å². The number of carbonyl (C=O) groups is 2. The van der Waals surface area contributed by atoms with Crippen LogP contribution in [0, 0.1) is 0 Å². The van der Waals surface area contributed by atoms with Crippen LogP contribution in [-0.4, -0.2) is 44.5 Å². The Morgan fingerprint density at radius 3 is 2.81 bits per heavy atom. The first kappa shape index (κ1) is 17.8. The lowest BCUT2D eigenvalue weighted by molar-refractivity contribution is -0.123. The van der Waals surface area contributed by atoms with Gasteiger partial charge in [-0.15, -0.1) is 0 Å². The minimum Gasteiger partial charge on any atom is -0.349 e. The van der Waals surface area contributed by atoms with E-state index in [9.17, 15) is 9.59 Å². The molecule has 0 aliphatic carbocycles. The lowest BCUT2D eigenvalue weighted by Crippen LogP contribution is -2.56. The molecule has 2 N–H and O–H groups in total. The molecule has 3 heterocycles. The van der Waals surface area contributed by atoms with E-state index in [4.69, 9.17) is 0 Å². The molecule has 1 aromatic heterocycles. The monoisotopic (exact) mass is 366 g/mol. The highest BCUT2D eigenvalue weighted by atomic mass is 16.2. The number of carbonyl (C=O) groups excluding carboxylic acids is 2. The summed E-state index contributed by atoms with van der Waals surface area (Å²) in [5.41, 5.74) is 1.31. The molecule has 0 saturated carbocycles. The number of likely N-dealkylation sites (tertiary alicyclic amines) is 1. The lowest BCUT2D eigenvalue weighted by Gasteiger charge is -2.38. The largest absolute Gasteiger partial charge is 0.349 e. The third-order valence-electron chi connectivity index (χ3n) is 5.96. The van der Waals surface area contributed by atoms with Crippen molar-refractivity contribution in [1.82, 2.24) is 20.4 Å². The van der Waals surface area contributed by atoms with Gasteiger partial charge in [0.2, 0.25) is 5.91 Å². The van der Waals surface area contributed by atoms with Gasteiger partial charge in [0.1, 0.15) is 5.69 Å². The second-order valence-electron chi connectivity index (χ2n) is 7.96. The van der Waals surface area contributed by atoms with Crippen LogP contribution in [0.5, 0.6) is 0 Å². The highest BCUT2D eigenvalue weighted by Gasteiger charge is 2.52. The molecule has 1 aromatic carbocycles. The van der Waals surface area contributed by atoms with Gasteiger partial charge in [-0.2, -0.15) is 5.10 Å². The van der Waals surface area contributed by atoms with E-state index in [-0.39, 0.29) is 23.9 Å². The third kappa shape index (κ3) is 3.48. The first-order chi connectivity index (χ1) is 13.1. The van der Waals surface area contributed by atoms with Crippen LogP contribution in [0.15, 0.2) is 42.6 Å². The number of hydrogen-bond acceptors (Lipinski definition) is 3. The number of fused-ring (bicyclic) bond motifs is 1. The van der Waals surface area contributed by atoms with Crippen LogP contribution in [-0.2, 0) is 11.2 Å². The third-order valence-corrected chi connectivity index (χ3v) is 5.96. The Morgan fingerprint density at radius 2 is 2.07 bits per heavy atom. The summed E-state index contributed by atoms with van der Waals surface area (Å²) >= 11 is 0. The number of nitrogens with one attached hydrogen (secondary N) is 2. The second kappa shape index (κ2) is 7.18. The Kier molecular flexibility index (Phi) is 4.72.